The van der Waals surface area contributed by atoms with Crippen LogP contribution in [0.3, 0.4) is 0 Å². The molecule has 0 spiro atoms. The van der Waals surface area contributed by atoms with E-state index in [2.05, 4.69) is 60.7 Å². The first-order valence-electron chi connectivity index (χ1n) is 6.91. The largest absolute Gasteiger partial charge is 0.744 e. The Bertz CT molecular complexity index is 814. The molecule has 0 unspecified atom stereocenters. The maximum atomic E-state index is 12.2. The molecule has 0 aliphatic rings. The second-order valence-corrected chi connectivity index (χ2v) is 9.00. The molecule has 3 rings (SSSR count). The molecule has 3 nitrogen and oxygen atoms in total. The lowest BCUT2D eigenvalue weighted by atomic mass is 10.4. The molecule has 0 atom stereocenters. The van der Waals surface area contributed by atoms with Crippen LogP contribution in [0.2, 0.25) is 0 Å². The zero-order chi connectivity index (χ0) is 17.4. The molecule has 0 fully saturated rings. The average Bonchev–Trinajstić information content (AvgIpc) is 2.57. The second-order valence-electron chi connectivity index (χ2n) is 4.59. The molecule has 3 aromatic rings. The summed E-state index contributed by atoms with van der Waals surface area (Å²) in [5.74, 6) is -0.572. The van der Waals surface area contributed by atoms with Gasteiger partial charge in [-0.25, -0.2) is 12.8 Å². The topological polar surface area (TPSA) is 57.2 Å². The predicted octanol–water partition coefficient (Wildman–Crippen LogP) is 0.545. The van der Waals surface area contributed by atoms with Crippen LogP contribution in [0.4, 0.5) is 4.39 Å². The summed E-state index contributed by atoms with van der Waals surface area (Å²) < 4.78 is 45.9. The highest BCUT2D eigenvalue weighted by Crippen LogP contribution is 2.08. The Labute approximate surface area is 151 Å². The van der Waals surface area contributed by atoms with Crippen molar-refractivity contribution in [2.75, 3.05) is 0 Å². The molecule has 0 aromatic heterocycles. The molecule has 24 heavy (non-hydrogen) atoms. The Morgan fingerprint density at radius 3 is 1.50 bits per heavy atom. The zero-order valence-electron chi connectivity index (χ0n) is 12.5. The molecule has 0 saturated heterocycles. The van der Waals surface area contributed by atoms with Crippen molar-refractivity contribution in [1.82, 2.24) is 0 Å². The van der Waals surface area contributed by atoms with Gasteiger partial charge in [0.25, 0.3) is 0 Å². The molecule has 0 aliphatic carbocycles. The van der Waals surface area contributed by atoms with Crippen LogP contribution in [0, 0.1) is 13.0 Å². The summed E-state index contributed by atoms with van der Waals surface area (Å²) in [6, 6.07) is 25.1. The lowest BCUT2D eigenvalue weighted by Crippen LogP contribution is -3.61. The number of hydrogen-bond donors (Lipinski definition) is 0. The van der Waals surface area contributed by atoms with E-state index in [0.29, 0.717) is 0 Å². The normalized spacial score (nSPS) is 10.6. The van der Waals surface area contributed by atoms with Gasteiger partial charge in [-0.15, -0.1) is 0 Å². The Morgan fingerprint density at radius 2 is 1.12 bits per heavy atom. The van der Waals surface area contributed by atoms with E-state index in [0.717, 1.165) is 24.3 Å². The number of hydrogen-bond acceptors (Lipinski definition) is 3. The van der Waals surface area contributed by atoms with Crippen LogP contribution in [0.5, 0.6) is 0 Å². The van der Waals surface area contributed by atoms with Crippen LogP contribution in [-0.4, -0.2) is 13.0 Å². The highest BCUT2D eigenvalue weighted by Gasteiger charge is 2.12. The molecule has 0 N–H and O–H groups in total. The van der Waals surface area contributed by atoms with E-state index in [-0.39, 0.29) is 21.2 Å². The molecule has 0 saturated carbocycles. The second kappa shape index (κ2) is 8.91. The minimum atomic E-state index is -4.44. The minimum absolute atomic E-state index is 0.0287. The lowest BCUT2D eigenvalue weighted by molar-refractivity contribution is -0.597. The van der Waals surface area contributed by atoms with Crippen LogP contribution >= 0.6 is 0 Å². The van der Waals surface area contributed by atoms with Crippen molar-refractivity contribution in [3.05, 3.63) is 97.9 Å². The third kappa shape index (κ3) is 6.38. The van der Waals surface area contributed by atoms with E-state index >= 15 is 0 Å². The molecule has 0 bridgehead atoms. The fourth-order valence-electron chi connectivity index (χ4n) is 1.68. The summed E-state index contributed by atoms with van der Waals surface area (Å²) in [6.45, 7) is 0. The quantitative estimate of drug-likeness (QED) is 0.428. The van der Waals surface area contributed by atoms with E-state index in [1.807, 2.05) is 0 Å². The van der Waals surface area contributed by atoms with Gasteiger partial charge in [-0.05, 0) is 48.5 Å². The summed E-state index contributed by atoms with van der Waals surface area (Å²) in [5.41, 5.74) is 0. The van der Waals surface area contributed by atoms with Gasteiger partial charge in [0.05, 0.1) is 4.90 Å². The van der Waals surface area contributed by atoms with Gasteiger partial charge in [-0.3, -0.25) is 0 Å². The van der Waals surface area contributed by atoms with Crippen LogP contribution in [0.15, 0.2) is 89.8 Å². The van der Waals surface area contributed by atoms with Crippen molar-refractivity contribution in [2.45, 2.75) is 4.90 Å². The first kappa shape index (κ1) is 18.6. The third-order valence-electron chi connectivity index (χ3n) is 2.79. The molecule has 3 aromatic carbocycles. The minimum Gasteiger partial charge on any atom is -0.744 e. The number of rotatable bonds is 3. The van der Waals surface area contributed by atoms with Crippen LogP contribution < -0.4 is 21.2 Å². The number of halogens is 2. The molecular formula is C18H14FIO3S. The van der Waals surface area contributed by atoms with Crippen LogP contribution in [-0.2, 0) is 10.1 Å². The molecule has 124 valence electrons. The highest BCUT2D eigenvalue weighted by molar-refractivity contribution is 7.85. The predicted molar refractivity (Wildman–Crippen MR) is 84.6 cm³/mol. The van der Waals surface area contributed by atoms with Gasteiger partial charge in [0, 0.05) is 0 Å². The Kier molecular flexibility index (Phi) is 6.89. The van der Waals surface area contributed by atoms with Crippen molar-refractivity contribution in [2.24, 2.45) is 0 Å². The van der Waals surface area contributed by atoms with Crippen molar-refractivity contribution in [1.29, 1.82) is 0 Å². The maximum Gasteiger partial charge on any atom is 0.357 e. The summed E-state index contributed by atoms with van der Waals surface area (Å²) in [4.78, 5) is -0.418. The van der Waals surface area contributed by atoms with Crippen molar-refractivity contribution < 1.29 is 38.6 Å². The Morgan fingerprint density at radius 1 is 0.708 bits per heavy atom. The first-order valence-corrected chi connectivity index (χ1v) is 10.5. The lowest BCUT2D eigenvalue weighted by Gasteiger charge is -2.04. The highest BCUT2D eigenvalue weighted by atomic mass is 127. The van der Waals surface area contributed by atoms with E-state index in [1.165, 1.54) is 7.14 Å². The van der Waals surface area contributed by atoms with Gasteiger partial charge in [0.2, 0.25) is 0 Å². The smallest absolute Gasteiger partial charge is 0.357 e. The summed E-state index contributed by atoms with van der Waals surface area (Å²) >= 11 is 0.0287. The van der Waals surface area contributed by atoms with Crippen LogP contribution in [0.1, 0.15) is 0 Å². The molecular weight excluding hydrogens is 442 g/mol. The number of benzene rings is 3. The van der Waals surface area contributed by atoms with Crippen LogP contribution in [0.25, 0.3) is 0 Å². The fourth-order valence-corrected chi connectivity index (χ4v) is 4.42. The van der Waals surface area contributed by atoms with E-state index in [9.17, 15) is 17.4 Å². The molecule has 6 heteroatoms. The fraction of sp³-hybridized carbons (Fsp3) is 0. The summed E-state index contributed by atoms with van der Waals surface area (Å²) in [7, 11) is -4.44. The summed E-state index contributed by atoms with van der Waals surface area (Å²) in [6.07, 6.45) is 0. The standard InChI is InChI=1S/C12H10I.C6H5FO3S/c1-3-7-11(8-4-1)13-12-9-5-2-6-10-12;7-5-1-3-6(4-2-5)11(8,9)10/h1-10H;1-4H,(H,8,9,10)/q+1;/p-1. The first-order chi connectivity index (χ1) is 11.4. The van der Waals surface area contributed by atoms with Gasteiger partial charge in [-0.2, -0.15) is 0 Å². The van der Waals surface area contributed by atoms with Gasteiger partial charge in [-0.1, -0.05) is 36.4 Å². The molecule has 0 radical (unpaired) electrons. The van der Waals surface area contributed by atoms with Gasteiger partial charge in [0.1, 0.15) is 15.9 Å². The van der Waals surface area contributed by atoms with Crippen molar-refractivity contribution in [3.8, 4) is 0 Å². The monoisotopic (exact) mass is 456 g/mol. The van der Waals surface area contributed by atoms with Gasteiger partial charge < -0.3 is 4.55 Å². The van der Waals surface area contributed by atoms with Crippen molar-refractivity contribution >= 4 is 10.1 Å². The Balaban J connectivity index is 0.000000177. The molecule has 0 aliphatic heterocycles. The van der Waals surface area contributed by atoms with Gasteiger partial charge >= 0.3 is 21.2 Å². The van der Waals surface area contributed by atoms with E-state index in [1.54, 1.807) is 0 Å². The molecule has 0 heterocycles. The average molecular weight is 456 g/mol. The zero-order valence-corrected chi connectivity index (χ0v) is 15.4. The maximum absolute atomic E-state index is 12.2. The Hall–Kier alpha value is -1.77. The SMILES string of the molecule is O=S(=O)([O-])c1ccc(F)cc1.c1ccc([I+]c2ccccc2)cc1. The van der Waals surface area contributed by atoms with Gasteiger partial charge in [0.15, 0.2) is 7.14 Å². The van der Waals surface area contributed by atoms with E-state index in [4.69, 9.17) is 0 Å². The van der Waals surface area contributed by atoms with Crippen molar-refractivity contribution in [3.63, 3.8) is 0 Å². The third-order valence-corrected chi connectivity index (χ3v) is 6.32. The molecule has 0 amide bonds. The summed E-state index contributed by atoms with van der Waals surface area (Å²) in [5, 5.41) is 0. The van der Waals surface area contributed by atoms with E-state index < -0.39 is 20.8 Å².